The Bertz CT molecular complexity index is 1440. The van der Waals surface area contributed by atoms with Gasteiger partial charge in [-0.1, -0.05) is 49.9 Å². The predicted molar refractivity (Wildman–Crippen MR) is 170 cm³/mol. The molecule has 0 bridgehead atoms. The van der Waals surface area contributed by atoms with Gasteiger partial charge in [0.1, 0.15) is 5.84 Å². The first kappa shape index (κ1) is 27.7. The van der Waals surface area contributed by atoms with Crippen LogP contribution in [-0.2, 0) is 12.8 Å². The molecule has 1 aliphatic heterocycles. The number of aliphatic imine (C=N–C) groups is 1. The van der Waals surface area contributed by atoms with E-state index in [9.17, 15) is 0 Å². The lowest BCUT2D eigenvalue weighted by Gasteiger charge is -2.30. The van der Waals surface area contributed by atoms with Gasteiger partial charge in [0.05, 0.1) is 11.7 Å². The number of nitrogens with two attached hydrogens (primary N) is 2. The zero-order chi connectivity index (χ0) is 28.2. The molecule has 1 aliphatic carbocycles. The van der Waals surface area contributed by atoms with Crippen molar-refractivity contribution < 1.29 is 0 Å². The summed E-state index contributed by atoms with van der Waals surface area (Å²) >= 11 is 0. The molecule has 0 aromatic heterocycles. The third-order valence-corrected chi connectivity index (χ3v) is 8.58. The summed E-state index contributed by atoms with van der Waals surface area (Å²) in [5.74, 6) is 1.05. The highest BCUT2D eigenvalue weighted by Crippen LogP contribution is 2.42. The Balaban J connectivity index is 1.42. The number of anilines is 1. The van der Waals surface area contributed by atoms with Crippen LogP contribution in [0.5, 0.6) is 0 Å². The van der Waals surface area contributed by atoms with E-state index in [1.165, 1.54) is 60.1 Å². The summed E-state index contributed by atoms with van der Waals surface area (Å²) in [6.07, 6.45) is 7.19. The third-order valence-electron chi connectivity index (χ3n) is 8.58. The van der Waals surface area contributed by atoms with Crippen molar-refractivity contribution in [3.8, 4) is 11.1 Å². The maximum Gasteiger partial charge on any atom is 0.133 e. The van der Waals surface area contributed by atoms with Crippen LogP contribution in [0.25, 0.3) is 11.1 Å². The normalized spacial score (nSPS) is 18.5. The summed E-state index contributed by atoms with van der Waals surface area (Å²) in [6.45, 7) is 10.5. The smallest absolute Gasteiger partial charge is 0.133 e. The number of nitrogens with zero attached hydrogens (tertiary/aromatic N) is 2. The van der Waals surface area contributed by atoms with Gasteiger partial charge in [-0.25, -0.2) is 4.99 Å². The van der Waals surface area contributed by atoms with E-state index in [0.717, 1.165) is 36.1 Å². The number of amidine groups is 1. The zero-order valence-electron chi connectivity index (χ0n) is 24.2. The van der Waals surface area contributed by atoms with Crippen molar-refractivity contribution in [2.75, 3.05) is 25.5 Å². The number of likely N-dealkylation sites (tertiary alicyclic amines) is 1. The summed E-state index contributed by atoms with van der Waals surface area (Å²) < 4.78 is 0. The average Bonchev–Trinajstić information content (AvgIpc) is 3.36. The van der Waals surface area contributed by atoms with Crippen LogP contribution in [0.15, 0.2) is 89.6 Å². The van der Waals surface area contributed by atoms with Crippen LogP contribution in [0.2, 0.25) is 0 Å². The molecule has 1 heterocycles. The van der Waals surface area contributed by atoms with Crippen LogP contribution in [-0.4, -0.2) is 30.9 Å². The molecule has 5 N–H and O–H groups in total. The molecular weight excluding hydrogens is 490 g/mol. The largest absolute Gasteiger partial charge is 0.404 e. The quantitative estimate of drug-likeness (QED) is 0.162. The van der Waals surface area contributed by atoms with E-state index in [1.807, 2.05) is 19.1 Å². The fourth-order valence-corrected chi connectivity index (χ4v) is 6.39. The topological polar surface area (TPSA) is 79.7 Å². The highest BCUT2D eigenvalue weighted by Gasteiger charge is 2.27. The van der Waals surface area contributed by atoms with Crippen molar-refractivity contribution >= 4 is 17.2 Å². The molecule has 2 aliphatic rings. The van der Waals surface area contributed by atoms with E-state index in [4.69, 9.17) is 11.5 Å². The highest BCUT2D eigenvalue weighted by atomic mass is 15.1. The van der Waals surface area contributed by atoms with E-state index in [0.29, 0.717) is 17.3 Å². The number of hydrogen-bond acceptors (Lipinski definition) is 4. The van der Waals surface area contributed by atoms with Gasteiger partial charge in [-0.3, -0.25) is 0 Å². The molecule has 5 rings (SSSR count). The molecular formula is C35H43N5. The molecule has 1 unspecified atom stereocenters. The van der Waals surface area contributed by atoms with Crippen molar-refractivity contribution in [2.24, 2.45) is 16.5 Å². The second-order valence-corrected chi connectivity index (χ2v) is 11.4. The SMILES string of the molecule is C=C(C)C(=CN)C(N)=Nc1cccc(-c2cccc3c2C(Nc2ccc(C4CCN(C)CC4)c(CC)c2)CC3)c1. The van der Waals surface area contributed by atoms with Crippen molar-refractivity contribution in [1.29, 1.82) is 0 Å². The van der Waals surface area contributed by atoms with Crippen LogP contribution >= 0.6 is 0 Å². The van der Waals surface area contributed by atoms with E-state index in [2.05, 4.69) is 84.3 Å². The molecule has 0 spiro atoms. The van der Waals surface area contributed by atoms with Crippen LogP contribution < -0.4 is 16.8 Å². The molecule has 3 aromatic carbocycles. The van der Waals surface area contributed by atoms with Gasteiger partial charge >= 0.3 is 0 Å². The molecule has 1 saturated heterocycles. The van der Waals surface area contributed by atoms with Gasteiger partial charge in [-0.15, -0.1) is 0 Å². The van der Waals surface area contributed by atoms with Crippen LogP contribution in [0.3, 0.4) is 0 Å². The van der Waals surface area contributed by atoms with Gasteiger partial charge in [0.2, 0.25) is 0 Å². The molecule has 40 heavy (non-hydrogen) atoms. The van der Waals surface area contributed by atoms with Crippen molar-refractivity contribution in [2.45, 2.75) is 57.9 Å². The number of rotatable bonds is 8. The summed E-state index contributed by atoms with van der Waals surface area (Å²) in [5, 5.41) is 3.91. The zero-order valence-corrected chi connectivity index (χ0v) is 24.2. The Labute approximate surface area is 239 Å². The van der Waals surface area contributed by atoms with Crippen molar-refractivity contribution in [1.82, 2.24) is 4.90 Å². The monoisotopic (exact) mass is 533 g/mol. The summed E-state index contributed by atoms with van der Waals surface area (Å²) in [6, 6.07) is 22.3. The summed E-state index contributed by atoms with van der Waals surface area (Å²) in [7, 11) is 2.23. The average molecular weight is 534 g/mol. The van der Waals surface area contributed by atoms with Crippen molar-refractivity contribution in [3.05, 3.63) is 107 Å². The summed E-state index contributed by atoms with van der Waals surface area (Å²) in [4.78, 5) is 7.10. The Morgan fingerprint density at radius 2 is 1.85 bits per heavy atom. The number of aryl methyl sites for hydroxylation is 2. The standard InChI is InChI=1S/C35H43N5/c1-5-24-20-29(13-14-30(24)25-16-18-40(4)19-17-25)38-33-15-12-26-8-7-11-31(34(26)33)27-9-6-10-28(21-27)39-35(37)32(22-36)23(2)3/h6-11,13-14,20-22,25,33,38H,2,5,12,15-19,36H2,1,3-4H3,(H2,37,39). The first-order chi connectivity index (χ1) is 19.4. The Morgan fingerprint density at radius 1 is 1.07 bits per heavy atom. The van der Waals surface area contributed by atoms with Gasteiger partial charge in [0, 0.05) is 17.5 Å². The van der Waals surface area contributed by atoms with Gasteiger partial charge in [-0.05, 0) is 128 Å². The molecule has 1 fully saturated rings. The Kier molecular flexibility index (Phi) is 8.41. The number of piperidine rings is 1. The highest BCUT2D eigenvalue weighted by molar-refractivity contribution is 6.02. The minimum absolute atomic E-state index is 0.262. The van der Waals surface area contributed by atoms with Gasteiger partial charge in [0.25, 0.3) is 0 Å². The second-order valence-electron chi connectivity index (χ2n) is 11.4. The van der Waals surface area contributed by atoms with Crippen LogP contribution in [0.1, 0.15) is 67.3 Å². The molecule has 0 amide bonds. The molecule has 208 valence electrons. The number of hydrogen-bond donors (Lipinski definition) is 3. The molecule has 0 radical (unpaired) electrons. The lowest BCUT2D eigenvalue weighted by atomic mass is 9.85. The molecule has 0 saturated carbocycles. The first-order valence-corrected chi connectivity index (χ1v) is 14.6. The second kappa shape index (κ2) is 12.1. The van der Waals surface area contributed by atoms with E-state index < -0.39 is 0 Å². The summed E-state index contributed by atoms with van der Waals surface area (Å²) in [5.41, 5.74) is 23.7. The molecule has 5 nitrogen and oxygen atoms in total. The third kappa shape index (κ3) is 5.85. The maximum atomic E-state index is 6.26. The van der Waals surface area contributed by atoms with Crippen LogP contribution in [0, 0.1) is 0 Å². The lowest BCUT2D eigenvalue weighted by Crippen LogP contribution is -2.29. The molecule has 5 heteroatoms. The first-order valence-electron chi connectivity index (χ1n) is 14.6. The fraction of sp³-hybridized carbons (Fsp3) is 0.343. The maximum absolute atomic E-state index is 6.26. The number of benzene rings is 3. The van der Waals surface area contributed by atoms with E-state index >= 15 is 0 Å². The number of fused-ring (bicyclic) bond motifs is 1. The minimum atomic E-state index is 0.262. The van der Waals surface area contributed by atoms with Crippen molar-refractivity contribution in [3.63, 3.8) is 0 Å². The van der Waals surface area contributed by atoms with Gasteiger partial charge in [0.15, 0.2) is 0 Å². The predicted octanol–water partition coefficient (Wildman–Crippen LogP) is 7.23. The molecule has 1 atom stereocenters. The number of nitrogens with one attached hydrogen (secondary N) is 1. The van der Waals surface area contributed by atoms with E-state index in [1.54, 1.807) is 5.56 Å². The lowest BCUT2D eigenvalue weighted by molar-refractivity contribution is 0.255. The Morgan fingerprint density at radius 3 is 2.58 bits per heavy atom. The van der Waals surface area contributed by atoms with Crippen LogP contribution in [0.4, 0.5) is 11.4 Å². The fourth-order valence-electron chi connectivity index (χ4n) is 6.39. The molecule has 3 aromatic rings. The van der Waals surface area contributed by atoms with Gasteiger partial charge < -0.3 is 21.7 Å². The van der Waals surface area contributed by atoms with Gasteiger partial charge in [-0.2, -0.15) is 0 Å². The Hall–Kier alpha value is -3.83. The minimum Gasteiger partial charge on any atom is -0.404 e. The van der Waals surface area contributed by atoms with E-state index in [-0.39, 0.29) is 6.04 Å².